The standard InChI is InChI=1S/C38H23BN2O2/c1-3-12-24(13-4-1)40-30-18-9-8-17-29(30)39-36-28-22-27-26-16-7-10-21-33(26)42-34(27)23-35(28)43-38(36)41(25-14-5-2-6-15-25)32-20-11-19-31(40)37(32)39/h1-23H. The molecule has 10 rings (SSSR count). The summed E-state index contributed by atoms with van der Waals surface area (Å²) in [7, 11) is 0. The Morgan fingerprint density at radius 3 is 1.86 bits per heavy atom. The molecule has 0 N–H and O–H groups in total. The van der Waals surface area contributed by atoms with E-state index in [1.165, 1.54) is 27.8 Å². The second-order valence-corrected chi connectivity index (χ2v) is 11.3. The quantitative estimate of drug-likeness (QED) is 0.202. The van der Waals surface area contributed by atoms with Gasteiger partial charge in [0, 0.05) is 56.1 Å². The fourth-order valence-corrected chi connectivity index (χ4v) is 7.31. The maximum absolute atomic E-state index is 6.89. The highest BCUT2D eigenvalue weighted by molar-refractivity contribution is 7.01. The van der Waals surface area contributed by atoms with Crippen molar-refractivity contribution in [3.05, 3.63) is 140 Å². The molecule has 0 fully saturated rings. The molecule has 0 amide bonds. The highest BCUT2D eigenvalue weighted by atomic mass is 16.4. The maximum Gasteiger partial charge on any atom is 0.257 e. The van der Waals surface area contributed by atoms with Gasteiger partial charge in [-0.2, -0.15) is 0 Å². The summed E-state index contributed by atoms with van der Waals surface area (Å²) >= 11 is 0. The average molecular weight is 550 g/mol. The minimum absolute atomic E-state index is 0.00538. The number of benzene rings is 6. The molecule has 4 nitrogen and oxygen atoms in total. The number of fused-ring (bicyclic) bond motifs is 9. The number of nitrogens with zero attached hydrogens (tertiary/aromatic N) is 2. The first-order chi connectivity index (χ1) is 21.3. The van der Waals surface area contributed by atoms with Crippen LogP contribution in [-0.4, -0.2) is 6.71 Å². The van der Waals surface area contributed by atoms with Crippen LogP contribution >= 0.6 is 0 Å². The molecule has 0 unspecified atom stereocenters. The van der Waals surface area contributed by atoms with E-state index in [1.54, 1.807) is 0 Å². The first kappa shape index (κ1) is 22.9. The van der Waals surface area contributed by atoms with Crippen LogP contribution in [0.2, 0.25) is 0 Å². The SMILES string of the molecule is c1ccc(N2c3ccccc3B3c4c2cccc4N(c2ccccc2)c2oc4cc5oc6ccccc6c5cc4c23)cc1. The van der Waals surface area contributed by atoms with Crippen LogP contribution in [0.4, 0.5) is 34.3 Å². The van der Waals surface area contributed by atoms with Crippen LogP contribution in [-0.2, 0) is 0 Å². The zero-order chi connectivity index (χ0) is 28.1. The van der Waals surface area contributed by atoms with Gasteiger partial charge in [-0.25, -0.2) is 0 Å². The maximum atomic E-state index is 6.89. The third-order valence-electron chi connectivity index (χ3n) is 9.05. The predicted molar refractivity (Wildman–Crippen MR) is 178 cm³/mol. The van der Waals surface area contributed by atoms with Crippen molar-refractivity contribution in [1.82, 2.24) is 0 Å². The third kappa shape index (κ3) is 3.06. The topological polar surface area (TPSA) is 32.8 Å². The second kappa shape index (κ2) is 8.43. The van der Waals surface area contributed by atoms with Gasteiger partial charge in [0.25, 0.3) is 6.71 Å². The number of para-hydroxylation sites is 4. The van der Waals surface area contributed by atoms with Crippen LogP contribution in [0.1, 0.15) is 0 Å². The Morgan fingerprint density at radius 2 is 1.05 bits per heavy atom. The van der Waals surface area contributed by atoms with Gasteiger partial charge in [0.1, 0.15) is 16.7 Å². The molecule has 4 heterocycles. The summed E-state index contributed by atoms with van der Waals surface area (Å²) in [4.78, 5) is 4.70. The molecule has 0 radical (unpaired) electrons. The van der Waals surface area contributed by atoms with E-state index in [0.29, 0.717) is 0 Å². The van der Waals surface area contributed by atoms with Crippen LogP contribution in [0.15, 0.2) is 148 Å². The van der Waals surface area contributed by atoms with E-state index >= 15 is 0 Å². The molecule has 5 heteroatoms. The third-order valence-corrected chi connectivity index (χ3v) is 9.05. The van der Waals surface area contributed by atoms with E-state index in [0.717, 1.165) is 55.9 Å². The summed E-state index contributed by atoms with van der Waals surface area (Å²) in [6.45, 7) is -0.00538. The Balaban J connectivity index is 1.35. The van der Waals surface area contributed by atoms with Gasteiger partial charge in [0.15, 0.2) is 0 Å². The lowest BCUT2D eigenvalue weighted by atomic mass is 9.33. The van der Waals surface area contributed by atoms with Crippen molar-refractivity contribution >= 4 is 90.3 Å². The van der Waals surface area contributed by atoms with E-state index in [2.05, 4.69) is 137 Å². The smallest absolute Gasteiger partial charge is 0.257 e. The second-order valence-electron chi connectivity index (χ2n) is 11.3. The number of anilines is 6. The molecule has 2 aliphatic rings. The molecule has 2 aromatic heterocycles. The van der Waals surface area contributed by atoms with Crippen LogP contribution in [0, 0.1) is 0 Å². The molecule has 0 bridgehead atoms. The molecule has 0 aliphatic carbocycles. The van der Waals surface area contributed by atoms with Gasteiger partial charge >= 0.3 is 0 Å². The van der Waals surface area contributed by atoms with Crippen molar-refractivity contribution in [2.24, 2.45) is 0 Å². The van der Waals surface area contributed by atoms with E-state index in [1.807, 2.05) is 12.1 Å². The lowest BCUT2D eigenvalue weighted by Crippen LogP contribution is -2.61. The molecule has 43 heavy (non-hydrogen) atoms. The summed E-state index contributed by atoms with van der Waals surface area (Å²) < 4.78 is 13.2. The summed E-state index contributed by atoms with van der Waals surface area (Å²) in [6, 6.07) is 49.3. The lowest BCUT2D eigenvalue weighted by Gasteiger charge is -2.42. The first-order valence-electron chi connectivity index (χ1n) is 14.6. The zero-order valence-corrected chi connectivity index (χ0v) is 23.1. The molecule has 0 atom stereocenters. The Bertz CT molecular complexity index is 2380. The minimum Gasteiger partial charge on any atom is -0.456 e. The Hall–Kier alpha value is -5.68. The Kier molecular flexibility index (Phi) is 4.50. The highest BCUT2D eigenvalue weighted by Gasteiger charge is 2.45. The molecule has 8 aromatic rings. The fourth-order valence-electron chi connectivity index (χ4n) is 7.31. The van der Waals surface area contributed by atoms with Gasteiger partial charge in [0.2, 0.25) is 5.88 Å². The van der Waals surface area contributed by atoms with Crippen molar-refractivity contribution < 1.29 is 8.83 Å². The van der Waals surface area contributed by atoms with Crippen molar-refractivity contribution in [2.45, 2.75) is 0 Å². The lowest BCUT2D eigenvalue weighted by molar-refractivity contribution is 0.620. The highest BCUT2D eigenvalue weighted by Crippen LogP contribution is 2.46. The van der Waals surface area contributed by atoms with Gasteiger partial charge in [-0.3, -0.25) is 4.90 Å². The molecule has 2 aliphatic heterocycles. The summed E-state index contributed by atoms with van der Waals surface area (Å²) in [5.74, 6) is 0.857. The van der Waals surface area contributed by atoms with Crippen LogP contribution in [0.3, 0.4) is 0 Å². The molecular weight excluding hydrogens is 527 g/mol. The van der Waals surface area contributed by atoms with E-state index in [9.17, 15) is 0 Å². The van der Waals surface area contributed by atoms with Crippen molar-refractivity contribution in [3.63, 3.8) is 0 Å². The monoisotopic (exact) mass is 550 g/mol. The average Bonchev–Trinajstić information content (AvgIpc) is 3.61. The number of hydrogen-bond acceptors (Lipinski definition) is 4. The van der Waals surface area contributed by atoms with Gasteiger partial charge in [-0.1, -0.05) is 78.9 Å². The van der Waals surface area contributed by atoms with Gasteiger partial charge in [0.05, 0.1) is 0 Å². The Labute approximate surface area is 248 Å². The van der Waals surface area contributed by atoms with E-state index in [-0.39, 0.29) is 6.71 Å². The molecule has 0 saturated heterocycles. The van der Waals surface area contributed by atoms with Gasteiger partial charge in [-0.15, -0.1) is 0 Å². The molecular formula is C38H23BN2O2. The normalized spacial score (nSPS) is 13.4. The zero-order valence-electron chi connectivity index (χ0n) is 23.1. The summed E-state index contributed by atoms with van der Waals surface area (Å²) in [5, 5.41) is 3.33. The number of furan rings is 2. The predicted octanol–water partition coefficient (Wildman–Crippen LogP) is 8.41. The molecule has 6 aromatic carbocycles. The van der Waals surface area contributed by atoms with Crippen molar-refractivity contribution in [1.29, 1.82) is 0 Å². The van der Waals surface area contributed by atoms with Crippen LogP contribution < -0.4 is 26.2 Å². The van der Waals surface area contributed by atoms with Crippen LogP contribution in [0.5, 0.6) is 0 Å². The number of rotatable bonds is 2. The first-order valence-corrected chi connectivity index (χ1v) is 14.6. The molecule has 0 saturated carbocycles. The van der Waals surface area contributed by atoms with Gasteiger partial charge in [-0.05, 0) is 65.5 Å². The number of hydrogen-bond donors (Lipinski definition) is 0. The molecule has 0 spiro atoms. The van der Waals surface area contributed by atoms with Crippen molar-refractivity contribution in [3.8, 4) is 0 Å². The summed E-state index contributed by atoms with van der Waals surface area (Å²) in [6.07, 6.45) is 0. The summed E-state index contributed by atoms with van der Waals surface area (Å²) in [5.41, 5.74) is 12.0. The van der Waals surface area contributed by atoms with Crippen LogP contribution in [0.25, 0.3) is 32.9 Å². The van der Waals surface area contributed by atoms with Crippen molar-refractivity contribution in [2.75, 3.05) is 9.80 Å². The minimum atomic E-state index is -0.00538. The van der Waals surface area contributed by atoms with E-state index in [4.69, 9.17) is 8.83 Å². The van der Waals surface area contributed by atoms with E-state index < -0.39 is 0 Å². The van der Waals surface area contributed by atoms with Gasteiger partial charge < -0.3 is 13.7 Å². The largest absolute Gasteiger partial charge is 0.456 e. The Morgan fingerprint density at radius 1 is 0.419 bits per heavy atom. The fraction of sp³-hybridized carbons (Fsp3) is 0. The molecule has 200 valence electrons.